The van der Waals surface area contributed by atoms with Crippen LogP contribution in [0.25, 0.3) is 5.65 Å². The van der Waals surface area contributed by atoms with Crippen molar-refractivity contribution in [1.82, 2.24) is 24.5 Å². The first-order valence-corrected chi connectivity index (χ1v) is 10.3. The van der Waals surface area contributed by atoms with Crippen LogP contribution in [0.2, 0.25) is 0 Å². The van der Waals surface area contributed by atoms with Crippen molar-refractivity contribution in [3.8, 4) is 0 Å². The molecule has 10 nitrogen and oxygen atoms in total. The van der Waals surface area contributed by atoms with Crippen LogP contribution >= 0.6 is 0 Å². The maximum atomic E-state index is 12.8. The molecule has 0 spiro atoms. The quantitative estimate of drug-likeness (QED) is 0.475. The Morgan fingerprint density at radius 3 is 2.77 bits per heavy atom. The fraction of sp³-hybridized carbons (Fsp3) is 0.429. The summed E-state index contributed by atoms with van der Waals surface area (Å²) in [4.78, 5) is 30.1. The number of pyridine rings is 1. The molecule has 4 rings (SSSR count). The number of anilines is 3. The molecule has 1 saturated carbocycles. The van der Waals surface area contributed by atoms with Crippen LogP contribution in [-0.4, -0.2) is 48.9 Å². The van der Waals surface area contributed by atoms with E-state index in [4.69, 9.17) is 0 Å². The highest BCUT2D eigenvalue weighted by atomic mass is 16.3. The second kappa shape index (κ2) is 7.69. The maximum absolute atomic E-state index is 12.8. The van der Waals surface area contributed by atoms with Gasteiger partial charge in [0.15, 0.2) is 5.65 Å². The molecule has 3 aromatic rings. The minimum Gasteiger partial charge on any atom is -0.388 e. The first-order valence-electron chi connectivity index (χ1n) is 10.3. The van der Waals surface area contributed by atoms with Crippen molar-refractivity contribution in [2.75, 3.05) is 17.7 Å². The van der Waals surface area contributed by atoms with E-state index in [2.05, 4.69) is 26.0 Å². The number of fused-ring (bicyclic) bond motifs is 1. The van der Waals surface area contributed by atoms with E-state index in [-0.39, 0.29) is 29.1 Å². The van der Waals surface area contributed by atoms with Crippen LogP contribution in [0.4, 0.5) is 17.3 Å². The van der Waals surface area contributed by atoms with Crippen molar-refractivity contribution >= 4 is 28.9 Å². The van der Waals surface area contributed by atoms with Gasteiger partial charge >= 0.3 is 0 Å². The van der Waals surface area contributed by atoms with E-state index in [0.29, 0.717) is 29.4 Å². The number of hydrogen-bond donors (Lipinski definition) is 4. The van der Waals surface area contributed by atoms with E-state index < -0.39 is 5.60 Å². The van der Waals surface area contributed by atoms with Crippen LogP contribution < -0.4 is 21.5 Å². The third-order valence-electron chi connectivity index (χ3n) is 5.76. The van der Waals surface area contributed by atoms with Crippen LogP contribution in [-0.2, 0) is 0 Å². The summed E-state index contributed by atoms with van der Waals surface area (Å²) in [6.07, 6.45) is 4.55. The predicted octanol–water partition coefficient (Wildman–Crippen LogP) is 1.90. The third kappa shape index (κ3) is 3.74. The van der Waals surface area contributed by atoms with Crippen molar-refractivity contribution in [3.63, 3.8) is 0 Å². The Kier molecular flexibility index (Phi) is 5.18. The van der Waals surface area contributed by atoms with Gasteiger partial charge in [0.2, 0.25) is 0 Å². The summed E-state index contributed by atoms with van der Waals surface area (Å²) in [5, 5.41) is 23.4. The molecule has 0 aromatic carbocycles. The lowest BCUT2D eigenvalue weighted by Crippen LogP contribution is -2.58. The van der Waals surface area contributed by atoms with Gasteiger partial charge in [0, 0.05) is 25.4 Å². The topological polar surface area (TPSA) is 126 Å². The minimum atomic E-state index is -0.904. The van der Waals surface area contributed by atoms with Gasteiger partial charge in [0.05, 0.1) is 17.8 Å². The first-order chi connectivity index (χ1) is 14.7. The zero-order valence-corrected chi connectivity index (χ0v) is 18.0. The van der Waals surface area contributed by atoms with Gasteiger partial charge < -0.3 is 25.6 Å². The molecule has 0 bridgehead atoms. The van der Waals surface area contributed by atoms with Gasteiger partial charge in [-0.1, -0.05) is 0 Å². The Morgan fingerprint density at radius 2 is 2.16 bits per heavy atom. The van der Waals surface area contributed by atoms with Gasteiger partial charge in [-0.15, -0.1) is 0 Å². The summed E-state index contributed by atoms with van der Waals surface area (Å²) in [6.45, 7) is 5.58. The van der Waals surface area contributed by atoms with Gasteiger partial charge in [-0.05, 0) is 45.7 Å². The van der Waals surface area contributed by atoms with E-state index in [1.165, 1.54) is 10.7 Å². The molecule has 164 valence electrons. The number of rotatable bonds is 6. The van der Waals surface area contributed by atoms with Gasteiger partial charge in [-0.3, -0.25) is 9.59 Å². The SMILES string of the molecule is CNc1cc(Nc2cccn(C(C)C)c2=O)nc2c(C(=O)NC3CC[C@@]3(C)O)cnn12. The molecule has 0 radical (unpaired) electrons. The number of carbonyl (C=O) groups is 1. The fourth-order valence-electron chi connectivity index (χ4n) is 3.69. The number of aromatic nitrogens is 4. The summed E-state index contributed by atoms with van der Waals surface area (Å²) in [5.41, 5.74) is -0.0603. The molecule has 4 N–H and O–H groups in total. The van der Waals surface area contributed by atoms with E-state index >= 15 is 0 Å². The fourth-order valence-corrected chi connectivity index (χ4v) is 3.69. The van der Waals surface area contributed by atoms with Crippen molar-refractivity contribution < 1.29 is 9.90 Å². The van der Waals surface area contributed by atoms with Crippen LogP contribution in [0.3, 0.4) is 0 Å². The van der Waals surface area contributed by atoms with E-state index in [1.807, 2.05) is 13.8 Å². The molecule has 0 saturated heterocycles. The molecular weight excluding hydrogens is 398 g/mol. The molecule has 1 aliphatic rings. The average molecular weight is 425 g/mol. The Hall–Kier alpha value is -3.40. The molecule has 3 heterocycles. The molecule has 1 aliphatic carbocycles. The highest BCUT2D eigenvalue weighted by molar-refractivity contribution is 6.00. The molecular formula is C21H27N7O3. The lowest BCUT2D eigenvalue weighted by atomic mass is 9.76. The van der Waals surface area contributed by atoms with Gasteiger partial charge in [0.25, 0.3) is 11.5 Å². The van der Waals surface area contributed by atoms with Crippen molar-refractivity contribution in [2.45, 2.75) is 51.3 Å². The zero-order valence-electron chi connectivity index (χ0n) is 18.0. The number of aliphatic hydroxyl groups is 1. The number of carbonyl (C=O) groups excluding carboxylic acids is 1. The molecule has 1 fully saturated rings. The number of nitrogens with one attached hydrogen (secondary N) is 3. The smallest absolute Gasteiger partial charge is 0.274 e. The van der Waals surface area contributed by atoms with Crippen molar-refractivity contribution in [1.29, 1.82) is 0 Å². The van der Waals surface area contributed by atoms with Crippen molar-refractivity contribution in [3.05, 3.63) is 46.5 Å². The van der Waals surface area contributed by atoms with Crippen LogP contribution in [0.5, 0.6) is 0 Å². The molecule has 3 aromatic heterocycles. The lowest BCUT2D eigenvalue weighted by molar-refractivity contribution is -0.0486. The van der Waals surface area contributed by atoms with E-state index in [1.54, 1.807) is 42.9 Å². The molecule has 1 amide bonds. The monoisotopic (exact) mass is 425 g/mol. The third-order valence-corrected chi connectivity index (χ3v) is 5.76. The Labute approximate surface area is 179 Å². The van der Waals surface area contributed by atoms with E-state index in [0.717, 1.165) is 6.42 Å². The molecule has 2 atom stereocenters. The van der Waals surface area contributed by atoms with Gasteiger partial charge in [0.1, 0.15) is 22.9 Å². The predicted molar refractivity (Wildman–Crippen MR) is 118 cm³/mol. The Balaban J connectivity index is 1.70. The Morgan fingerprint density at radius 1 is 1.39 bits per heavy atom. The highest BCUT2D eigenvalue weighted by Crippen LogP contribution is 2.32. The van der Waals surface area contributed by atoms with E-state index in [9.17, 15) is 14.7 Å². The zero-order chi connectivity index (χ0) is 22.3. The Bertz CT molecular complexity index is 1200. The molecule has 0 aliphatic heterocycles. The van der Waals surface area contributed by atoms with Crippen LogP contribution in [0.15, 0.2) is 35.4 Å². The van der Waals surface area contributed by atoms with Crippen LogP contribution in [0.1, 0.15) is 50.0 Å². The number of hydrogen-bond acceptors (Lipinski definition) is 7. The van der Waals surface area contributed by atoms with Gasteiger partial charge in [-0.2, -0.15) is 9.61 Å². The second-order valence-electron chi connectivity index (χ2n) is 8.35. The first kappa shape index (κ1) is 20.9. The number of nitrogens with zero attached hydrogens (tertiary/aromatic N) is 4. The second-order valence-corrected chi connectivity index (χ2v) is 8.35. The van der Waals surface area contributed by atoms with Crippen LogP contribution in [0, 0.1) is 0 Å². The van der Waals surface area contributed by atoms with Gasteiger partial charge in [-0.25, -0.2) is 4.98 Å². The lowest BCUT2D eigenvalue weighted by Gasteiger charge is -2.42. The largest absolute Gasteiger partial charge is 0.388 e. The van der Waals surface area contributed by atoms with Crippen molar-refractivity contribution in [2.24, 2.45) is 0 Å². The minimum absolute atomic E-state index is 0.0198. The number of amides is 1. The summed E-state index contributed by atoms with van der Waals surface area (Å²) >= 11 is 0. The highest BCUT2D eigenvalue weighted by Gasteiger charge is 2.42. The molecule has 31 heavy (non-hydrogen) atoms. The summed E-state index contributed by atoms with van der Waals surface area (Å²) in [7, 11) is 1.74. The summed E-state index contributed by atoms with van der Waals surface area (Å²) in [5.74, 6) is 0.650. The maximum Gasteiger partial charge on any atom is 0.274 e. The summed E-state index contributed by atoms with van der Waals surface area (Å²) in [6, 6.07) is 4.91. The molecule has 1 unspecified atom stereocenters. The normalized spacial score (nSPS) is 20.5. The average Bonchev–Trinajstić information content (AvgIpc) is 3.16. The summed E-state index contributed by atoms with van der Waals surface area (Å²) < 4.78 is 3.15. The molecule has 10 heteroatoms. The standard InChI is InChI=1S/C21H27N7O3/c1-12(2)27-9-5-6-14(20(27)30)24-16-10-17(22-4)28-18(26-16)13(11-23-28)19(29)25-15-7-8-21(15,3)31/h5-6,9-12,15,22,31H,7-8H2,1-4H3,(H,24,26)(H,25,29)/t15?,21-/m1/s1.